The molecule has 1 saturated heterocycles. The number of piperazine rings is 1. The van der Waals surface area contributed by atoms with Crippen molar-refractivity contribution in [3.8, 4) is 0 Å². The highest BCUT2D eigenvalue weighted by Gasteiger charge is 2.23. The Bertz CT molecular complexity index is 637. The van der Waals surface area contributed by atoms with Crippen LogP contribution in [-0.4, -0.2) is 55.4 Å². The lowest BCUT2D eigenvalue weighted by Gasteiger charge is -2.26. The first-order chi connectivity index (χ1) is 11.7. The molecular formula is C17H23N5O2. The number of rotatable bonds is 4. The largest absolute Gasteiger partial charge is 0.354 e. The average molecular weight is 329 g/mol. The molecule has 2 fully saturated rings. The molecule has 3 rings (SSSR count). The minimum atomic E-state index is -0.107. The van der Waals surface area contributed by atoms with E-state index in [2.05, 4.69) is 20.9 Å². The van der Waals surface area contributed by atoms with E-state index in [1.165, 1.54) is 12.8 Å². The topological polar surface area (TPSA) is 85.8 Å². The third kappa shape index (κ3) is 4.24. The zero-order chi connectivity index (χ0) is 16.9. The van der Waals surface area contributed by atoms with Crippen molar-refractivity contribution in [3.05, 3.63) is 35.4 Å². The summed E-state index contributed by atoms with van der Waals surface area (Å²) in [6, 6.07) is 8.02. The Balaban J connectivity index is 1.54. The predicted molar refractivity (Wildman–Crippen MR) is 91.7 cm³/mol. The highest BCUT2D eigenvalue weighted by molar-refractivity contribution is 5.97. The second kappa shape index (κ2) is 7.33. The lowest BCUT2D eigenvalue weighted by Crippen LogP contribution is -2.49. The molecule has 1 aromatic rings. The molecule has 24 heavy (non-hydrogen) atoms. The maximum Gasteiger partial charge on any atom is 0.254 e. The van der Waals surface area contributed by atoms with Crippen LogP contribution in [0.3, 0.4) is 0 Å². The van der Waals surface area contributed by atoms with E-state index in [4.69, 9.17) is 0 Å². The standard InChI is InChI=1S/C17H23N5O2/c1-18-17(21-14-6-7-14)20-10-12-2-4-13(5-3-12)16(24)22-9-8-19-15(23)11-22/h2-5,14H,6-11H2,1H3,(H,19,23)(H2,18,20,21). The number of aliphatic imine (C=N–C) groups is 1. The van der Waals surface area contributed by atoms with E-state index in [-0.39, 0.29) is 18.4 Å². The van der Waals surface area contributed by atoms with Gasteiger partial charge in [-0.2, -0.15) is 0 Å². The van der Waals surface area contributed by atoms with Crippen LogP contribution >= 0.6 is 0 Å². The van der Waals surface area contributed by atoms with E-state index in [9.17, 15) is 9.59 Å². The molecule has 1 saturated carbocycles. The molecule has 1 heterocycles. The Kier molecular flexibility index (Phi) is 4.98. The molecule has 128 valence electrons. The Morgan fingerprint density at radius 3 is 2.71 bits per heavy atom. The van der Waals surface area contributed by atoms with Gasteiger partial charge in [-0.05, 0) is 30.5 Å². The summed E-state index contributed by atoms with van der Waals surface area (Å²) in [5, 5.41) is 9.31. The van der Waals surface area contributed by atoms with E-state index in [0.717, 1.165) is 11.5 Å². The van der Waals surface area contributed by atoms with Gasteiger partial charge in [0.2, 0.25) is 5.91 Å². The Labute approximate surface area is 141 Å². The lowest BCUT2D eigenvalue weighted by atomic mass is 10.1. The molecule has 0 unspecified atom stereocenters. The van der Waals surface area contributed by atoms with Crippen LogP contribution in [0.5, 0.6) is 0 Å². The van der Waals surface area contributed by atoms with Crippen molar-refractivity contribution in [2.24, 2.45) is 4.99 Å². The summed E-state index contributed by atoms with van der Waals surface area (Å²) < 4.78 is 0. The first kappa shape index (κ1) is 16.3. The number of benzene rings is 1. The van der Waals surface area contributed by atoms with Gasteiger partial charge in [0.25, 0.3) is 5.91 Å². The molecule has 3 N–H and O–H groups in total. The summed E-state index contributed by atoms with van der Waals surface area (Å²) in [5.74, 6) is 0.595. The molecule has 7 heteroatoms. The molecule has 0 radical (unpaired) electrons. The van der Waals surface area contributed by atoms with Gasteiger partial charge in [0.15, 0.2) is 5.96 Å². The minimum Gasteiger partial charge on any atom is -0.354 e. The molecule has 0 aromatic heterocycles. The third-order valence-corrected chi connectivity index (χ3v) is 4.13. The fourth-order valence-corrected chi connectivity index (χ4v) is 2.56. The van der Waals surface area contributed by atoms with Crippen LogP contribution in [0.1, 0.15) is 28.8 Å². The summed E-state index contributed by atoms with van der Waals surface area (Å²) in [6.07, 6.45) is 2.40. The van der Waals surface area contributed by atoms with Crippen LogP contribution in [0.2, 0.25) is 0 Å². The molecule has 0 bridgehead atoms. The van der Waals surface area contributed by atoms with Crippen molar-refractivity contribution in [2.45, 2.75) is 25.4 Å². The summed E-state index contributed by atoms with van der Waals surface area (Å²) in [7, 11) is 1.76. The fraction of sp³-hybridized carbons (Fsp3) is 0.471. The molecule has 0 atom stereocenters. The SMILES string of the molecule is CN=C(NCc1ccc(C(=O)N2CCNC(=O)C2)cc1)NC1CC1. The van der Waals surface area contributed by atoms with E-state index >= 15 is 0 Å². The number of guanidine groups is 1. The van der Waals surface area contributed by atoms with Crippen LogP contribution in [0.15, 0.2) is 29.3 Å². The van der Waals surface area contributed by atoms with Crippen molar-refractivity contribution in [3.63, 3.8) is 0 Å². The van der Waals surface area contributed by atoms with Gasteiger partial charge in [0.05, 0.1) is 6.54 Å². The van der Waals surface area contributed by atoms with E-state index < -0.39 is 0 Å². The number of amides is 2. The summed E-state index contributed by atoms with van der Waals surface area (Å²) >= 11 is 0. The molecule has 1 aliphatic heterocycles. The number of nitrogens with zero attached hydrogens (tertiary/aromatic N) is 2. The van der Waals surface area contributed by atoms with Gasteiger partial charge in [-0.1, -0.05) is 12.1 Å². The Morgan fingerprint density at radius 2 is 2.08 bits per heavy atom. The van der Waals surface area contributed by atoms with Gasteiger partial charge in [-0.15, -0.1) is 0 Å². The van der Waals surface area contributed by atoms with E-state index in [0.29, 0.717) is 31.2 Å². The van der Waals surface area contributed by atoms with Crippen molar-refractivity contribution in [2.75, 3.05) is 26.7 Å². The number of carbonyl (C=O) groups is 2. The van der Waals surface area contributed by atoms with Gasteiger partial charge < -0.3 is 20.9 Å². The quantitative estimate of drug-likeness (QED) is 0.540. The van der Waals surface area contributed by atoms with Gasteiger partial charge in [0, 0.05) is 38.3 Å². The van der Waals surface area contributed by atoms with Gasteiger partial charge >= 0.3 is 0 Å². The maximum atomic E-state index is 12.4. The first-order valence-electron chi connectivity index (χ1n) is 8.28. The van der Waals surface area contributed by atoms with Crippen LogP contribution in [-0.2, 0) is 11.3 Å². The highest BCUT2D eigenvalue weighted by atomic mass is 16.2. The monoisotopic (exact) mass is 329 g/mol. The van der Waals surface area contributed by atoms with Crippen LogP contribution in [0.25, 0.3) is 0 Å². The molecule has 2 amide bonds. The lowest BCUT2D eigenvalue weighted by molar-refractivity contribution is -0.123. The second-order valence-corrected chi connectivity index (χ2v) is 6.12. The summed E-state index contributed by atoms with van der Waals surface area (Å²) in [4.78, 5) is 29.6. The molecule has 1 aromatic carbocycles. The Hall–Kier alpha value is -2.57. The van der Waals surface area contributed by atoms with Crippen LogP contribution in [0.4, 0.5) is 0 Å². The molecule has 1 aliphatic carbocycles. The molecule has 0 spiro atoms. The molecular weight excluding hydrogens is 306 g/mol. The zero-order valence-corrected chi connectivity index (χ0v) is 13.8. The van der Waals surface area contributed by atoms with Gasteiger partial charge in [0.1, 0.15) is 0 Å². The van der Waals surface area contributed by atoms with Gasteiger partial charge in [-0.3, -0.25) is 14.6 Å². The van der Waals surface area contributed by atoms with Crippen molar-refractivity contribution < 1.29 is 9.59 Å². The maximum absolute atomic E-state index is 12.4. The Morgan fingerprint density at radius 1 is 1.33 bits per heavy atom. The first-order valence-corrected chi connectivity index (χ1v) is 8.28. The third-order valence-electron chi connectivity index (χ3n) is 4.13. The van der Waals surface area contributed by atoms with Crippen molar-refractivity contribution >= 4 is 17.8 Å². The number of hydrogen-bond donors (Lipinski definition) is 3. The van der Waals surface area contributed by atoms with E-state index in [1.807, 2.05) is 24.3 Å². The number of hydrogen-bond acceptors (Lipinski definition) is 3. The summed E-state index contributed by atoms with van der Waals surface area (Å²) in [5.41, 5.74) is 1.68. The average Bonchev–Trinajstić information content (AvgIpc) is 3.42. The molecule has 7 nitrogen and oxygen atoms in total. The van der Waals surface area contributed by atoms with Gasteiger partial charge in [-0.25, -0.2) is 0 Å². The van der Waals surface area contributed by atoms with Crippen molar-refractivity contribution in [1.29, 1.82) is 0 Å². The fourth-order valence-electron chi connectivity index (χ4n) is 2.56. The molecule has 2 aliphatic rings. The normalized spacial score (nSPS) is 18.1. The smallest absolute Gasteiger partial charge is 0.254 e. The van der Waals surface area contributed by atoms with Crippen molar-refractivity contribution in [1.82, 2.24) is 20.9 Å². The summed E-state index contributed by atoms with van der Waals surface area (Å²) in [6.45, 7) is 1.84. The predicted octanol–water partition coefficient (Wildman–Crippen LogP) is 0.0860. The van der Waals surface area contributed by atoms with E-state index in [1.54, 1.807) is 11.9 Å². The van der Waals surface area contributed by atoms with Crippen LogP contribution in [0, 0.1) is 0 Å². The number of carbonyl (C=O) groups excluding carboxylic acids is 2. The second-order valence-electron chi connectivity index (χ2n) is 6.12. The number of nitrogens with one attached hydrogen (secondary N) is 3. The zero-order valence-electron chi connectivity index (χ0n) is 13.8. The minimum absolute atomic E-state index is 0.101. The highest BCUT2D eigenvalue weighted by Crippen LogP contribution is 2.18. The van der Waals surface area contributed by atoms with Crippen LogP contribution < -0.4 is 16.0 Å².